The van der Waals surface area contributed by atoms with Crippen LogP contribution in [0.4, 0.5) is 11.4 Å². The van der Waals surface area contributed by atoms with Crippen LogP contribution in [0, 0.1) is 0 Å². The first-order valence-electron chi connectivity index (χ1n) is 5.74. The van der Waals surface area contributed by atoms with Gasteiger partial charge in [0.15, 0.2) is 0 Å². The van der Waals surface area contributed by atoms with Gasteiger partial charge in [-0.1, -0.05) is 40.2 Å². The minimum atomic E-state index is -0.208. The average molecular weight is 317 g/mol. The normalized spacial score (nSPS) is 10.6. The standard InChI is InChI=1S/C15H13BrN2O/c16-12-8-5-11(6-9-12)7-10-15(19)18-14-4-2-1-3-13(14)17/h1-10H,17H2,(H,18,19)/b10-7-. The summed E-state index contributed by atoms with van der Waals surface area (Å²) in [5.74, 6) is -0.208. The number of hydrogen-bond donors (Lipinski definition) is 2. The van der Waals surface area contributed by atoms with E-state index in [1.54, 1.807) is 18.2 Å². The fraction of sp³-hybridized carbons (Fsp3) is 0. The first-order valence-corrected chi connectivity index (χ1v) is 6.53. The number of benzene rings is 2. The van der Waals surface area contributed by atoms with Gasteiger partial charge in [0.05, 0.1) is 11.4 Å². The smallest absolute Gasteiger partial charge is 0.248 e. The molecule has 0 aromatic heterocycles. The van der Waals surface area contributed by atoms with Gasteiger partial charge in [-0.25, -0.2) is 0 Å². The highest BCUT2D eigenvalue weighted by molar-refractivity contribution is 9.10. The third-order valence-corrected chi connectivity index (χ3v) is 3.04. The lowest BCUT2D eigenvalue weighted by atomic mass is 10.2. The molecular weight excluding hydrogens is 304 g/mol. The molecule has 3 nitrogen and oxygen atoms in total. The summed E-state index contributed by atoms with van der Waals surface area (Å²) in [5.41, 5.74) is 7.87. The summed E-state index contributed by atoms with van der Waals surface area (Å²) in [6.45, 7) is 0. The lowest BCUT2D eigenvalue weighted by Gasteiger charge is -2.04. The number of nitrogen functional groups attached to an aromatic ring is 1. The van der Waals surface area contributed by atoms with Crippen molar-refractivity contribution in [1.29, 1.82) is 0 Å². The maximum absolute atomic E-state index is 11.7. The van der Waals surface area contributed by atoms with Crippen LogP contribution in [0.5, 0.6) is 0 Å². The predicted octanol–water partition coefficient (Wildman–Crippen LogP) is 3.68. The molecule has 0 saturated heterocycles. The summed E-state index contributed by atoms with van der Waals surface area (Å²) in [5, 5.41) is 2.73. The second-order valence-corrected chi connectivity index (χ2v) is 4.88. The van der Waals surface area contributed by atoms with Crippen LogP contribution in [0.1, 0.15) is 5.56 Å². The van der Waals surface area contributed by atoms with E-state index in [1.165, 1.54) is 6.08 Å². The van der Waals surface area contributed by atoms with Crippen LogP contribution in [0.2, 0.25) is 0 Å². The SMILES string of the molecule is Nc1ccccc1NC(=O)/C=C\c1ccc(Br)cc1. The topological polar surface area (TPSA) is 55.1 Å². The molecule has 0 radical (unpaired) electrons. The van der Waals surface area contributed by atoms with E-state index in [1.807, 2.05) is 36.4 Å². The highest BCUT2D eigenvalue weighted by atomic mass is 79.9. The molecule has 0 aliphatic heterocycles. The second-order valence-electron chi connectivity index (χ2n) is 3.96. The summed E-state index contributed by atoms with van der Waals surface area (Å²) in [7, 11) is 0. The molecule has 0 heterocycles. The Balaban J connectivity index is 2.02. The Morgan fingerprint density at radius 2 is 1.79 bits per heavy atom. The molecule has 0 atom stereocenters. The quantitative estimate of drug-likeness (QED) is 0.670. The van der Waals surface area contributed by atoms with Gasteiger partial charge in [-0.05, 0) is 35.9 Å². The molecule has 0 spiro atoms. The Morgan fingerprint density at radius 3 is 2.47 bits per heavy atom. The van der Waals surface area contributed by atoms with Crippen LogP contribution in [-0.2, 0) is 4.79 Å². The second kappa shape index (κ2) is 6.20. The number of carbonyl (C=O) groups is 1. The van der Waals surface area contributed by atoms with Crippen molar-refractivity contribution < 1.29 is 4.79 Å². The van der Waals surface area contributed by atoms with E-state index in [4.69, 9.17) is 5.73 Å². The minimum absolute atomic E-state index is 0.208. The van der Waals surface area contributed by atoms with Crippen molar-refractivity contribution >= 4 is 39.3 Å². The lowest BCUT2D eigenvalue weighted by molar-refractivity contribution is -0.111. The van der Waals surface area contributed by atoms with E-state index in [0.29, 0.717) is 11.4 Å². The van der Waals surface area contributed by atoms with Crippen molar-refractivity contribution in [2.45, 2.75) is 0 Å². The molecule has 0 aliphatic carbocycles. The Morgan fingerprint density at radius 1 is 1.11 bits per heavy atom. The van der Waals surface area contributed by atoms with Gasteiger partial charge in [0.1, 0.15) is 0 Å². The molecule has 1 amide bonds. The van der Waals surface area contributed by atoms with Crippen LogP contribution in [0.3, 0.4) is 0 Å². The van der Waals surface area contributed by atoms with E-state index in [2.05, 4.69) is 21.2 Å². The molecule has 3 N–H and O–H groups in total. The van der Waals surface area contributed by atoms with Crippen molar-refractivity contribution in [3.63, 3.8) is 0 Å². The van der Waals surface area contributed by atoms with Gasteiger partial charge in [0, 0.05) is 10.5 Å². The lowest BCUT2D eigenvalue weighted by Crippen LogP contribution is -2.09. The minimum Gasteiger partial charge on any atom is -0.397 e. The third-order valence-electron chi connectivity index (χ3n) is 2.52. The summed E-state index contributed by atoms with van der Waals surface area (Å²) in [4.78, 5) is 11.7. The monoisotopic (exact) mass is 316 g/mol. The molecular formula is C15H13BrN2O. The number of halogens is 1. The molecule has 0 bridgehead atoms. The van der Waals surface area contributed by atoms with E-state index in [-0.39, 0.29) is 5.91 Å². The number of nitrogens with one attached hydrogen (secondary N) is 1. The van der Waals surface area contributed by atoms with E-state index < -0.39 is 0 Å². The number of para-hydroxylation sites is 2. The molecule has 0 unspecified atom stereocenters. The molecule has 0 fully saturated rings. The van der Waals surface area contributed by atoms with Crippen molar-refractivity contribution in [3.8, 4) is 0 Å². The Kier molecular flexibility index (Phi) is 4.36. The summed E-state index contributed by atoms with van der Waals surface area (Å²) >= 11 is 3.36. The Labute approximate surface area is 120 Å². The van der Waals surface area contributed by atoms with Gasteiger partial charge in [0.25, 0.3) is 0 Å². The highest BCUT2D eigenvalue weighted by Crippen LogP contribution is 2.16. The molecule has 2 aromatic rings. The van der Waals surface area contributed by atoms with Gasteiger partial charge in [-0.15, -0.1) is 0 Å². The van der Waals surface area contributed by atoms with Crippen LogP contribution >= 0.6 is 15.9 Å². The van der Waals surface area contributed by atoms with Crippen molar-refractivity contribution in [3.05, 3.63) is 64.6 Å². The van der Waals surface area contributed by atoms with Gasteiger partial charge >= 0.3 is 0 Å². The van der Waals surface area contributed by atoms with Crippen LogP contribution in [0.15, 0.2) is 59.1 Å². The number of carbonyl (C=O) groups excluding carboxylic acids is 1. The number of amides is 1. The van der Waals surface area contributed by atoms with Gasteiger partial charge in [-0.3, -0.25) is 4.79 Å². The Hall–Kier alpha value is -2.07. The van der Waals surface area contributed by atoms with Crippen LogP contribution in [0.25, 0.3) is 6.08 Å². The van der Waals surface area contributed by atoms with Crippen LogP contribution < -0.4 is 11.1 Å². The number of nitrogens with two attached hydrogens (primary N) is 1. The average Bonchev–Trinajstić information content (AvgIpc) is 2.41. The largest absolute Gasteiger partial charge is 0.397 e. The molecule has 96 valence electrons. The number of hydrogen-bond acceptors (Lipinski definition) is 2. The van der Waals surface area contributed by atoms with E-state index in [9.17, 15) is 4.79 Å². The van der Waals surface area contributed by atoms with E-state index in [0.717, 1.165) is 10.0 Å². The van der Waals surface area contributed by atoms with Gasteiger partial charge < -0.3 is 11.1 Å². The number of rotatable bonds is 3. The summed E-state index contributed by atoms with van der Waals surface area (Å²) < 4.78 is 1.01. The summed E-state index contributed by atoms with van der Waals surface area (Å²) in [6, 6.07) is 14.8. The van der Waals surface area contributed by atoms with Crippen LogP contribution in [-0.4, -0.2) is 5.91 Å². The highest BCUT2D eigenvalue weighted by Gasteiger charge is 2.00. The first-order chi connectivity index (χ1) is 9.15. The maximum atomic E-state index is 11.7. The molecule has 4 heteroatoms. The molecule has 0 saturated carbocycles. The van der Waals surface area contributed by atoms with Gasteiger partial charge in [-0.2, -0.15) is 0 Å². The first kappa shape index (κ1) is 13.4. The fourth-order valence-electron chi connectivity index (χ4n) is 1.53. The molecule has 19 heavy (non-hydrogen) atoms. The number of anilines is 2. The van der Waals surface area contributed by atoms with E-state index >= 15 is 0 Å². The third kappa shape index (κ3) is 3.96. The van der Waals surface area contributed by atoms with Crippen molar-refractivity contribution in [1.82, 2.24) is 0 Å². The molecule has 2 aromatic carbocycles. The maximum Gasteiger partial charge on any atom is 0.248 e. The fourth-order valence-corrected chi connectivity index (χ4v) is 1.80. The molecule has 2 rings (SSSR count). The van der Waals surface area contributed by atoms with Gasteiger partial charge in [0.2, 0.25) is 5.91 Å². The predicted molar refractivity (Wildman–Crippen MR) is 82.7 cm³/mol. The zero-order valence-corrected chi connectivity index (χ0v) is 11.7. The Bertz CT molecular complexity index is 606. The van der Waals surface area contributed by atoms with Crippen molar-refractivity contribution in [2.75, 3.05) is 11.1 Å². The zero-order chi connectivity index (χ0) is 13.7. The summed E-state index contributed by atoms with van der Waals surface area (Å²) in [6.07, 6.45) is 3.23. The zero-order valence-electron chi connectivity index (χ0n) is 10.1. The van der Waals surface area contributed by atoms with Crippen molar-refractivity contribution in [2.24, 2.45) is 0 Å². The molecule has 0 aliphatic rings.